The molecular formula is C15H16N2O3S. The molecule has 5 nitrogen and oxygen atoms in total. The van der Waals surface area contributed by atoms with E-state index in [-0.39, 0.29) is 5.56 Å². The van der Waals surface area contributed by atoms with Gasteiger partial charge in [-0.05, 0) is 32.0 Å². The average molecular weight is 304 g/mol. The van der Waals surface area contributed by atoms with E-state index in [4.69, 9.17) is 9.84 Å². The molecular weight excluding hydrogens is 288 g/mol. The Hall–Kier alpha value is -2.08. The number of aryl methyl sites for hydroxylation is 2. The molecule has 0 aliphatic heterocycles. The zero-order valence-corrected chi connectivity index (χ0v) is 12.7. The number of benzene rings is 1. The molecule has 0 saturated carbocycles. The van der Waals surface area contributed by atoms with Crippen molar-refractivity contribution in [3.05, 3.63) is 47.3 Å². The number of hydrogen-bond donors (Lipinski definition) is 1. The Bertz CT molecular complexity index is 626. The minimum atomic E-state index is -0.990. The van der Waals surface area contributed by atoms with Crippen LogP contribution in [0.25, 0.3) is 0 Å². The van der Waals surface area contributed by atoms with Crippen LogP contribution >= 0.6 is 11.8 Å². The van der Waals surface area contributed by atoms with Gasteiger partial charge in [0.1, 0.15) is 11.3 Å². The Labute approximate surface area is 127 Å². The molecule has 0 aliphatic rings. The molecule has 1 aromatic carbocycles. The van der Waals surface area contributed by atoms with Crippen LogP contribution in [0, 0.1) is 13.8 Å². The summed E-state index contributed by atoms with van der Waals surface area (Å²) in [6.07, 6.45) is 0. The van der Waals surface area contributed by atoms with Gasteiger partial charge in [-0.3, -0.25) is 0 Å². The Balaban J connectivity index is 1.89. The predicted molar refractivity (Wildman–Crippen MR) is 81.1 cm³/mol. The second-order valence-electron chi connectivity index (χ2n) is 4.43. The third kappa shape index (κ3) is 4.46. The van der Waals surface area contributed by atoms with Crippen molar-refractivity contribution in [1.82, 2.24) is 9.97 Å². The largest absolute Gasteiger partial charge is 0.492 e. The first-order valence-corrected chi connectivity index (χ1v) is 7.45. The normalized spacial score (nSPS) is 10.4. The molecule has 1 aromatic heterocycles. The van der Waals surface area contributed by atoms with Crippen molar-refractivity contribution in [2.75, 3.05) is 12.4 Å². The highest BCUT2D eigenvalue weighted by molar-refractivity contribution is 7.99. The summed E-state index contributed by atoms with van der Waals surface area (Å²) < 4.78 is 5.52. The summed E-state index contributed by atoms with van der Waals surface area (Å²) in [7, 11) is 0. The minimum Gasteiger partial charge on any atom is -0.492 e. The first-order chi connectivity index (χ1) is 10.1. The number of carbonyl (C=O) groups is 1. The lowest BCUT2D eigenvalue weighted by molar-refractivity contribution is 0.0692. The topological polar surface area (TPSA) is 72.3 Å². The van der Waals surface area contributed by atoms with E-state index in [9.17, 15) is 4.79 Å². The minimum absolute atomic E-state index is 0.171. The second kappa shape index (κ2) is 7.08. The smallest absolute Gasteiger partial charge is 0.339 e. The van der Waals surface area contributed by atoms with Crippen LogP contribution < -0.4 is 4.74 Å². The molecule has 0 amide bonds. The molecule has 0 saturated heterocycles. The Morgan fingerprint density at radius 2 is 1.90 bits per heavy atom. The van der Waals surface area contributed by atoms with Crippen LogP contribution in [-0.2, 0) is 0 Å². The van der Waals surface area contributed by atoms with Gasteiger partial charge in [0.2, 0.25) is 0 Å². The number of ether oxygens (including phenoxy) is 1. The van der Waals surface area contributed by atoms with Crippen LogP contribution in [-0.4, -0.2) is 33.4 Å². The zero-order valence-electron chi connectivity index (χ0n) is 11.9. The summed E-state index contributed by atoms with van der Waals surface area (Å²) in [4.78, 5) is 19.7. The molecule has 0 aliphatic carbocycles. The fraction of sp³-hybridized carbons (Fsp3) is 0.267. The third-order valence-electron chi connectivity index (χ3n) is 2.65. The molecule has 0 unspecified atom stereocenters. The maximum absolute atomic E-state index is 11.0. The molecule has 1 heterocycles. The molecule has 21 heavy (non-hydrogen) atoms. The van der Waals surface area contributed by atoms with Crippen molar-refractivity contribution in [3.63, 3.8) is 0 Å². The Morgan fingerprint density at radius 3 is 2.57 bits per heavy atom. The first-order valence-electron chi connectivity index (χ1n) is 6.46. The molecule has 110 valence electrons. The maximum atomic E-state index is 11.0. The van der Waals surface area contributed by atoms with Gasteiger partial charge < -0.3 is 9.84 Å². The van der Waals surface area contributed by atoms with Crippen molar-refractivity contribution < 1.29 is 14.6 Å². The molecule has 2 rings (SSSR count). The van der Waals surface area contributed by atoms with E-state index < -0.39 is 5.97 Å². The summed E-state index contributed by atoms with van der Waals surface area (Å²) in [5, 5.41) is 9.77. The fourth-order valence-corrected chi connectivity index (χ4v) is 2.58. The summed E-state index contributed by atoms with van der Waals surface area (Å²) in [5.74, 6) is 0.0412. The maximum Gasteiger partial charge on any atom is 0.339 e. The standard InChI is InChI=1S/C15H16N2O3S/c1-10-9-11(2)17-15(16-10)21-8-7-20-13-6-4-3-5-12(13)14(18)19/h3-6,9H,7-8H2,1-2H3,(H,18,19). The predicted octanol–water partition coefficient (Wildman–Crippen LogP) is 2.96. The van der Waals surface area contributed by atoms with Gasteiger partial charge in [0.25, 0.3) is 0 Å². The highest BCUT2D eigenvalue weighted by atomic mass is 32.2. The summed E-state index contributed by atoms with van der Waals surface area (Å²) in [5.41, 5.74) is 2.04. The summed E-state index contributed by atoms with van der Waals surface area (Å²) in [6.45, 7) is 4.25. The molecule has 0 fully saturated rings. The van der Waals surface area contributed by atoms with Gasteiger partial charge in [0.15, 0.2) is 5.16 Å². The highest BCUT2D eigenvalue weighted by Crippen LogP contribution is 2.19. The van der Waals surface area contributed by atoms with Gasteiger partial charge in [-0.15, -0.1) is 0 Å². The Morgan fingerprint density at radius 1 is 1.24 bits per heavy atom. The second-order valence-corrected chi connectivity index (χ2v) is 5.49. The van der Waals surface area contributed by atoms with Crippen LogP contribution in [0.5, 0.6) is 5.75 Å². The number of thioether (sulfide) groups is 1. The van der Waals surface area contributed by atoms with E-state index >= 15 is 0 Å². The lowest BCUT2D eigenvalue weighted by Gasteiger charge is -2.08. The van der Waals surface area contributed by atoms with Crippen LogP contribution in [0.4, 0.5) is 0 Å². The zero-order chi connectivity index (χ0) is 15.2. The molecule has 0 atom stereocenters. The summed E-state index contributed by atoms with van der Waals surface area (Å²) >= 11 is 1.49. The lowest BCUT2D eigenvalue weighted by Crippen LogP contribution is -2.06. The van der Waals surface area contributed by atoms with E-state index in [2.05, 4.69) is 9.97 Å². The SMILES string of the molecule is Cc1cc(C)nc(SCCOc2ccccc2C(=O)O)n1. The van der Waals surface area contributed by atoms with Gasteiger partial charge in [-0.1, -0.05) is 23.9 Å². The average Bonchev–Trinajstić information content (AvgIpc) is 2.43. The van der Waals surface area contributed by atoms with Crippen LogP contribution in [0.15, 0.2) is 35.5 Å². The van der Waals surface area contributed by atoms with Crippen LogP contribution in [0.3, 0.4) is 0 Å². The highest BCUT2D eigenvalue weighted by Gasteiger charge is 2.10. The van der Waals surface area contributed by atoms with Gasteiger partial charge in [0.05, 0.1) is 6.61 Å². The van der Waals surface area contributed by atoms with E-state index in [1.807, 2.05) is 19.9 Å². The monoisotopic (exact) mass is 304 g/mol. The quantitative estimate of drug-likeness (QED) is 0.502. The molecule has 1 N–H and O–H groups in total. The number of aromatic nitrogens is 2. The van der Waals surface area contributed by atoms with Crippen molar-refractivity contribution >= 4 is 17.7 Å². The van der Waals surface area contributed by atoms with Crippen molar-refractivity contribution in [2.45, 2.75) is 19.0 Å². The van der Waals surface area contributed by atoms with Crippen molar-refractivity contribution in [1.29, 1.82) is 0 Å². The van der Waals surface area contributed by atoms with Crippen molar-refractivity contribution in [2.24, 2.45) is 0 Å². The molecule has 0 bridgehead atoms. The number of rotatable bonds is 6. The number of carboxylic acids is 1. The number of para-hydroxylation sites is 1. The van der Waals surface area contributed by atoms with Crippen LogP contribution in [0.2, 0.25) is 0 Å². The van der Waals surface area contributed by atoms with Crippen molar-refractivity contribution in [3.8, 4) is 5.75 Å². The number of hydrogen-bond acceptors (Lipinski definition) is 5. The molecule has 6 heteroatoms. The first kappa shape index (κ1) is 15.3. The number of nitrogens with zero attached hydrogens (tertiary/aromatic N) is 2. The number of carboxylic acid groups (broad SMARTS) is 1. The summed E-state index contributed by atoms with van der Waals surface area (Å²) in [6, 6.07) is 8.53. The Kier molecular flexibility index (Phi) is 5.16. The molecule has 0 spiro atoms. The van der Waals surface area contributed by atoms with E-state index in [0.717, 1.165) is 11.4 Å². The third-order valence-corrected chi connectivity index (χ3v) is 3.46. The molecule has 0 radical (unpaired) electrons. The lowest BCUT2D eigenvalue weighted by atomic mass is 10.2. The van der Waals surface area contributed by atoms with Gasteiger partial charge in [-0.2, -0.15) is 0 Å². The van der Waals surface area contributed by atoms with Gasteiger partial charge >= 0.3 is 5.97 Å². The number of aromatic carboxylic acids is 1. The van der Waals surface area contributed by atoms with E-state index in [1.54, 1.807) is 18.2 Å². The van der Waals surface area contributed by atoms with E-state index in [0.29, 0.717) is 23.3 Å². The fourth-order valence-electron chi connectivity index (χ4n) is 1.81. The van der Waals surface area contributed by atoms with Gasteiger partial charge in [0, 0.05) is 17.1 Å². The van der Waals surface area contributed by atoms with Gasteiger partial charge in [-0.25, -0.2) is 14.8 Å². The van der Waals surface area contributed by atoms with E-state index in [1.165, 1.54) is 17.8 Å². The van der Waals surface area contributed by atoms with Crippen LogP contribution in [0.1, 0.15) is 21.7 Å². The molecule has 2 aromatic rings.